The van der Waals surface area contributed by atoms with Gasteiger partial charge in [-0.3, -0.25) is 9.59 Å². The molecule has 1 aromatic heterocycles. The van der Waals surface area contributed by atoms with Crippen molar-refractivity contribution in [2.75, 3.05) is 5.32 Å². The molecule has 26 heavy (non-hydrogen) atoms. The molecular weight excluding hydrogens is 333 g/mol. The van der Waals surface area contributed by atoms with Gasteiger partial charge >= 0.3 is 0 Å². The summed E-state index contributed by atoms with van der Waals surface area (Å²) in [6.45, 7) is 1.82. The number of para-hydroxylation sites is 1. The first-order valence-electron chi connectivity index (χ1n) is 8.29. The molecular formula is C20H16FN3O2. The summed E-state index contributed by atoms with van der Waals surface area (Å²) in [5.41, 5.74) is 2.57. The highest BCUT2D eigenvalue weighted by atomic mass is 19.1. The lowest BCUT2D eigenvalue weighted by Crippen LogP contribution is -2.28. The average Bonchev–Trinajstić information content (AvgIpc) is 2.98. The first kappa shape index (κ1) is 16.2. The minimum Gasteiger partial charge on any atom is -0.310 e. The number of fused-ring (bicyclic) bond motifs is 1. The number of amides is 1. The number of benzene rings is 2. The van der Waals surface area contributed by atoms with Crippen molar-refractivity contribution in [2.45, 2.75) is 19.3 Å². The number of anilines is 1. The van der Waals surface area contributed by atoms with Gasteiger partial charge in [0.2, 0.25) is 5.91 Å². The predicted octanol–water partition coefficient (Wildman–Crippen LogP) is 3.63. The molecule has 1 atom stereocenters. The molecule has 0 radical (unpaired) electrons. The highest BCUT2D eigenvalue weighted by molar-refractivity contribution is 6.07. The van der Waals surface area contributed by atoms with Crippen molar-refractivity contribution < 1.29 is 14.0 Å². The molecule has 5 nitrogen and oxygen atoms in total. The smallest absolute Gasteiger partial charge is 0.226 e. The van der Waals surface area contributed by atoms with Gasteiger partial charge < -0.3 is 5.32 Å². The highest BCUT2D eigenvalue weighted by Gasteiger charge is 2.36. The van der Waals surface area contributed by atoms with Gasteiger partial charge in [-0.1, -0.05) is 18.2 Å². The number of halogens is 1. The average molecular weight is 349 g/mol. The maximum atomic E-state index is 13.2. The lowest BCUT2D eigenvalue weighted by Gasteiger charge is -2.23. The van der Waals surface area contributed by atoms with Crippen molar-refractivity contribution in [3.63, 3.8) is 0 Å². The summed E-state index contributed by atoms with van der Waals surface area (Å²) in [6.07, 6.45) is 0.0462. The van der Waals surface area contributed by atoms with E-state index in [0.717, 1.165) is 5.69 Å². The number of carbonyl (C=O) groups is 2. The van der Waals surface area contributed by atoms with Crippen molar-refractivity contribution in [3.8, 4) is 5.69 Å². The summed E-state index contributed by atoms with van der Waals surface area (Å²) in [7, 11) is 0. The topological polar surface area (TPSA) is 64.0 Å². The molecule has 1 aliphatic heterocycles. The van der Waals surface area contributed by atoms with Crippen molar-refractivity contribution in [1.29, 1.82) is 0 Å². The van der Waals surface area contributed by atoms with Crippen molar-refractivity contribution in [3.05, 3.63) is 77.2 Å². The number of nitrogens with zero attached hydrogens (tertiary/aromatic N) is 2. The summed E-state index contributed by atoms with van der Waals surface area (Å²) < 4.78 is 14.8. The molecule has 0 fully saturated rings. The largest absolute Gasteiger partial charge is 0.310 e. The van der Waals surface area contributed by atoms with Gasteiger partial charge in [-0.05, 0) is 43.3 Å². The number of aryl methyl sites for hydroxylation is 1. The Bertz CT molecular complexity index is 994. The number of Topliss-reactive ketones (excluding diaryl/α,β-unsaturated/α-hetero) is 1. The lowest BCUT2D eigenvalue weighted by atomic mass is 9.85. The second kappa shape index (κ2) is 6.22. The van der Waals surface area contributed by atoms with E-state index in [9.17, 15) is 14.0 Å². The fraction of sp³-hybridized carbons (Fsp3) is 0.150. The van der Waals surface area contributed by atoms with Crippen molar-refractivity contribution in [2.24, 2.45) is 0 Å². The third-order valence-corrected chi connectivity index (χ3v) is 4.55. The van der Waals surface area contributed by atoms with Gasteiger partial charge in [0.05, 0.1) is 17.3 Å². The molecule has 1 aliphatic rings. The van der Waals surface area contributed by atoms with E-state index < -0.39 is 11.7 Å². The van der Waals surface area contributed by atoms with Gasteiger partial charge in [-0.25, -0.2) is 9.07 Å². The zero-order valence-corrected chi connectivity index (χ0v) is 14.1. The first-order valence-corrected chi connectivity index (χ1v) is 8.29. The fourth-order valence-corrected chi connectivity index (χ4v) is 3.34. The van der Waals surface area contributed by atoms with E-state index in [1.807, 2.05) is 37.3 Å². The Kier molecular flexibility index (Phi) is 3.88. The molecule has 6 heteroatoms. The molecule has 2 aromatic carbocycles. The number of aromatic nitrogens is 2. The Labute approximate surface area is 149 Å². The number of ketones is 1. The van der Waals surface area contributed by atoms with Crippen molar-refractivity contribution >= 4 is 17.5 Å². The van der Waals surface area contributed by atoms with Crippen LogP contribution in [0, 0.1) is 12.7 Å². The van der Waals surface area contributed by atoms with E-state index in [-0.39, 0.29) is 18.1 Å². The Morgan fingerprint density at radius 2 is 1.85 bits per heavy atom. The maximum Gasteiger partial charge on any atom is 0.226 e. The summed E-state index contributed by atoms with van der Waals surface area (Å²) in [5.74, 6) is -0.976. The molecule has 3 aromatic rings. The molecule has 4 rings (SSSR count). The molecule has 1 amide bonds. The van der Waals surface area contributed by atoms with Gasteiger partial charge in [0, 0.05) is 17.5 Å². The van der Waals surface area contributed by atoms with Gasteiger partial charge in [0.25, 0.3) is 0 Å². The van der Waals surface area contributed by atoms with Gasteiger partial charge in [-0.2, -0.15) is 5.10 Å². The normalized spacial score (nSPS) is 16.1. The van der Waals surface area contributed by atoms with E-state index in [2.05, 4.69) is 10.4 Å². The fourth-order valence-electron chi connectivity index (χ4n) is 3.34. The monoisotopic (exact) mass is 349 g/mol. The number of rotatable bonds is 3. The van der Waals surface area contributed by atoms with Crippen LogP contribution in [0.1, 0.15) is 34.0 Å². The van der Waals surface area contributed by atoms with Gasteiger partial charge in [0.1, 0.15) is 11.6 Å². The quantitative estimate of drug-likeness (QED) is 0.735. The van der Waals surface area contributed by atoms with E-state index in [0.29, 0.717) is 22.6 Å². The number of hydrogen-bond donors (Lipinski definition) is 1. The van der Waals surface area contributed by atoms with Crippen LogP contribution in [-0.4, -0.2) is 21.5 Å². The number of nitrogens with one attached hydrogen (secondary N) is 1. The lowest BCUT2D eigenvalue weighted by molar-refractivity contribution is -0.116. The van der Waals surface area contributed by atoms with Crippen molar-refractivity contribution in [1.82, 2.24) is 9.78 Å². The van der Waals surface area contributed by atoms with Crippen LogP contribution < -0.4 is 5.32 Å². The van der Waals surface area contributed by atoms with Crippen LogP contribution in [0.2, 0.25) is 0 Å². The third-order valence-electron chi connectivity index (χ3n) is 4.55. The maximum absolute atomic E-state index is 13.2. The van der Waals surface area contributed by atoms with Gasteiger partial charge in [0.15, 0.2) is 5.78 Å². The second-order valence-corrected chi connectivity index (χ2v) is 6.27. The Morgan fingerprint density at radius 3 is 2.54 bits per heavy atom. The molecule has 0 saturated carbocycles. The molecule has 130 valence electrons. The Morgan fingerprint density at radius 1 is 1.15 bits per heavy atom. The molecule has 0 aliphatic carbocycles. The highest BCUT2D eigenvalue weighted by Crippen LogP contribution is 2.38. The van der Waals surface area contributed by atoms with E-state index >= 15 is 0 Å². The third kappa shape index (κ3) is 2.69. The molecule has 1 unspecified atom stereocenters. The summed E-state index contributed by atoms with van der Waals surface area (Å²) >= 11 is 0. The summed E-state index contributed by atoms with van der Waals surface area (Å²) in [4.78, 5) is 25.2. The Balaban J connectivity index is 1.81. The van der Waals surface area contributed by atoms with Crippen LogP contribution in [0.3, 0.4) is 0 Å². The zero-order valence-electron chi connectivity index (χ0n) is 14.1. The van der Waals surface area contributed by atoms with Crippen LogP contribution in [0.5, 0.6) is 0 Å². The van der Waals surface area contributed by atoms with Crippen LogP contribution in [0.25, 0.3) is 5.69 Å². The molecule has 0 bridgehead atoms. The second-order valence-electron chi connectivity index (χ2n) is 6.27. The van der Waals surface area contributed by atoms with Crippen LogP contribution in [0.15, 0.2) is 54.6 Å². The van der Waals surface area contributed by atoms with E-state index in [4.69, 9.17) is 0 Å². The van der Waals surface area contributed by atoms with Crippen LogP contribution in [0.4, 0.5) is 10.2 Å². The summed E-state index contributed by atoms with van der Waals surface area (Å²) in [6, 6.07) is 14.8. The zero-order chi connectivity index (χ0) is 18.3. The van der Waals surface area contributed by atoms with Gasteiger partial charge in [-0.15, -0.1) is 0 Å². The number of carbonyl (C=O) groups excluding carboxylic acids is 2. The Hall–Kier alpha value is -3.28. The SMILES string of the molecule is Cc1nn(-c2ccccc2)c2c1C(C(=O)c1ccc(F)cc1)CC(=O)N2. The van der Waals surface area contributed by atoms with Crippen LogP contribution >= 0.6 is 0 Å². The van der Waals surface area contributed by atoms with E-state index in [1.54, 1.807) is 4.68 Å². The number of hydrogen-bond acceptors (Lipinski definition) is 3. The predicted molar refractivity (Wildman–Crippen MR) is 95.0 cm³/mol. The standard InChI is InChI=1S/C20H16FN3O2/c1-12-18-16(19(26)13-7-9-14(21)10-8-13)11-17(25)22-20(18)24(23-12)15-5-3-2-4-6-15/h2-10,16H,11H2,1H3,(H,22,25). The first-order chi connectivity index (χ1) is 12.5. The van der Waals surface area contributed by atoms with E-state index in [1.165, 1.54) is 24.3 Å². The molecule has 0 spiro atoms. The minimum absolute atomic E-state index is 0.0462. The molecule has 0 saturated heterocycles. The van der Waals surface area contributed by atoms with Crippen LogP contribution in [-0.2, 0) is 4.79 Å². The molecule has 2 heterocycles. The minimum atomic E-state index is -0.637. The molecule has 1 N–H and O–H groups in total. The summed E-state index contributed by atoms with van der Waals surface area (Å²) in [5, 5.41) is 7.37.